The van der Waals surface area contributed by atoms with E-state index in [0.717, 1.165) is 11.1 Å². The first-order chi connectivity index (χ1) is 13.5. The molecule has 3 aromatic heterocycles. The third kappa shape index (κ3) is 3.83. The zero-order valence-corrected chi connectivity index (χ0v) is 16.8. The molecule has 1 aromatic carbocycles. The van der Waals surface area contributed by atoms with Crippen molar-refractivity contribution in [3.63, 3.8) is 0 Å². The average molecular weight is 413 g/mol. The lowest BCUT2D eigenvalue weighted by Crippen LogP contribution is -2.12. The summed E-state index contributed by atoms with van der Waals surface area (Å²) in [5, 5.41) is 10.4. The average Bonchev–Trinajstić information content (AvgIpc) is 3.28. The van der Waals surface area contributed by atoms with Crippen molar-refractivity contribution in [3.05, 3.63) is 63.6 Å². The molecule has 0 saturated heterocycles. The molecule has 7 nitrogen and oxygen atoms in total. The number of nitrogens with one attached hydrogen (secondary N) is 2. The van der Waals surface area contributed by atoms with Gasteiger partial charge in [-0.1, -0.05) is 23.7 Å². The van der Waals surface area contributed by atoms with E-state index in [1.54, 1.807) is 29.2 Å². The number of aromatic nitrogens is 4. The molecule has 28 heavy (non-hydrogen) atoms. The fourth-order valence-electron chi connectivity index (χ4n) is 2.80. The highest BCUT2D eigenvalue weighted by atomic mass is 35.5. The molecule has 0 saturated carbocycles. The van der Waals surface area contributed by atoms with E-state index in [-0.39, 0.29) is 11.9 Å². The van der Waals surface area contributed by atoms with Crippen molar-refractivity contribution < 1.29 is 4.79 Å². The molecule has 1 atom stereocenters. The Morgan fingerprint density at radius 3 is 2.89 bits per heavy atom. The van der Waals surface area contributed by atoms with Crippen molar-refractivity contribution in [2.24, 2.45) is 7.05 Å². The normalized spacial score (nSPS) is 12.1. The molecule has 0 unspecified atom stereocenters. The fraction of sp³-hybridized carbons (Fsp3) is 0.158. The van der Waals surface area contributed by atoms with Crippen molar-refractivity contribution in [2.75, 3.05) is 10.6 Å². The quantitative estimate of drug-likeness (QED) is 0.504. The Kier molecular flexibility index (Phi) is 4.97. The van der Waals surface area contributed by atoms with Crippen molar-refractivity contribution in [3.8, 4) is 0 Å². The number of carbonyl (C=O) groups is 1. The van der Waals surface area contributed by atoms with Crippen LogP contribution in [0.3, 0.4) is 0 Å². The number of thiophene rings is 1. The monoisotopic (exact) mass is 412 g/mol. The molecule has 0 fully saturated rings. The van der Waals surface area contributed by atoms with Crippen LogP contribution >= 0.6 is 22.9 Å². The van der Waals surface area contributed by atoms with Gasteiger partial charge in [0.2, 0.25) is 0 Å². The van der Waals surface area contributed by atoms with Crippen molar-refractivity contribution >= 4 is 51.5 Å². The lowest BCUT2D eigenvalue weighted by molar-refractivity contribution is 0.103. The van der Waals surface area contributed by atoms with Crippen LogP contribution in [-0.4, -0.2) is 25.7 Å². The molecule has 2 N–H and O–H groups in total. The molecule has 142 valence electrons. The summed E-state index contributed by atoms with van der Waals surface area (Å²) in [6.07, 6.45) is 3.37. The van der Waals surface area contributed by atoms with Crippen LogP contribution in [0.5, 0.6) is 0 Å². The summed E-state index contributed by atoms with van der Waals surface area (Å²) >= 11 is 7.15. The van der Waals surface area contributed by atoms with Gasteiger partial charge in [0.25, 0.3) is 5.91 Å². The topological polar surface area (TPSA) is 84.7 Å². The molecule has 0 aliphatic heterocycles. The van der Waals surface area contributed by atoms with Gasteiger partial charge in [-0.15, -0.1) is 11.3 Å². The zero-order valence-electron chi connectivity index (χ0n) is 15.2. The highest BCUT2D eigenvalue weighted by Crippen LogP contribution is 2.24. The second-order valence-corrected chi connectivity index (χ2v) is 8.00. The summed E-state index contributed by atoms with van der Waals surface area (Å²) in [5.41, 5.74) is 3.19. The molecule has 1 amide bonds. The van der Waals surface area contributed by atoms with Gasteiger partial charge in [-0.05, 0) is 36.8 Å². The number of aryl methyl sites for hydroxylation is 1. The molecule has 0 aliphatic rings. The maximum atomic E-state index is 12.3. The summed E-state index contributed by atoms with van der Waals surface area (Å²) in [7, 11) is 1.83. The van der Waals surface area contributed by atoms with Gasteiger partial charge < -0.3 is 10.6 Å². The molecule has 0 aliphatic carbocycles. The minimum atomic E-state index is -0.179. The number of hydrogen-bond donors (Lipinski definition) is 2. The van der Waals surface area contributed by atoms with E-state index in [2.05, 4.69) is 25.7 Å². The van der Waals surface area contributed by atoms with Gasteiger partial charge in [0.15, 0.2) is 5.65 Å². The summed E-state index contributed by atoms with van der Waals surface area (Å²) in [6, 6.07) is 11.1. The third-order valence-corrected chi connectivity index (χ3v) is 5.48. The molecule has 4 aromatic rings. The van der Waals surface area contributed by atoms with Gasteiger partial charge in [-0.2, -0.15) is 5.10 Å². The molecule has 0 spiro atoms. The van der Waals surface area contributed by atoms with Gasteiger partial charge >= 0.3 is 0 Å². The Labute approximate surface area is 170 Å². The van der Waals surface area contributed by atoms with E-state index in [9.17, 15) is 4.79 Å². The number of amides is 1. The maximum absolute atomic E-state index is 12.3. The van der Waals surface area contributed by atoms with Gasteiger partial charge in [-0.3, -0.25) is 4.79 Å². The van der Waals surface area contributed by atoms with Crippen molar-refractivity contribution in [1.82, 2.24) is 19.7 Å². The Morgan fingerprint density at radius 1 is 1.25 bits per heavy atom. The predicted octanol–water partition coefficient (Wildman–Crippen LogP) is 4.50. The van der Waals surface area contributed by atoms with Crippen LogP contribution in [0.2, 0.25) is 4.34 Å². The summed E-state index contributed by atoms with van der Waals surface area (Å²) in [5.74, 6) is 0.480. The van der Waals surface area contributed by atoms with Crippen LogP contribution in [-0.2, 0) is 7.05 Å². The van der Waals surface area contributed by atoms with E-state index in [4.69, 9.17) is 11.6 Å². The van der Waals surface area contributed by atoms with Crippen LogP contribution in [0.1, 0.15) is 28.2 Å². The smallest absolute Gasteiger partial charge is 0.265 e. The molecule has 4 rings (SSSR count). The summed E-state index contributed by atoms with van der Waals surface area (Å²) < 4.78 is 2.27. The van der Waals surface area contributed by atoms with Crippen LogP contribution in [0.4, 0.5) is 11.5 Å². The van der Waals surface area contributed by atoms with Crippen molar-refractivity contribution in [1.29, 1.82) is 0 Å². The molecule has 9 heteroatoms. The standard InChI is InChI=1S/C19H17ClN6OS/c1-11(23-17-10-21-14-9-22-26(2)18(14)25-17)12-4-3-5-13(8-12)24-19(27)15-6-7-16(20)28-15/h3-11H,1-2H3,(H,23,25)(H,24,27)/t11-/m0/s1. The lowest BCUT2D eigenvalue weighted by atomic mass is 10.1. The van der Waals surface area contributed by atoms with Gasteiger partial charge in [0, 0.05) is 12.7 Å². The Balaban J connectivity index is 1.49. The molecule has 0 radical (unpaired) electrons. The van der Waals surface area contributed by atoms with E-state index in [1.165, 1.54) is 11.3 Å². The minimum Gasteiger partial charge on any atom is -0.362 e. The lowest BCUT2D eigenvalue weighted by Gasteiger charge is -2.16. The summed E-state index contributed by atoms with van der Waals surface area (Å²) in [4.78, 5) is 21.8. The molecule has 3 heterocycles. The van der Waals surface area contributed by atoms with Gasteiger partial charge in [0.05, 0.1) is 27.6 Å². The second kappa shape index (κ2) is 7.57. The number of rotatable bonds is 5. The fourth-order valence-corrected chi connectivity index (χ4v) is 3.74. The van der Waals surface area contributed by atoms with Crippen molar-refractivity contribution in [2.45, 2.75) is 13.0 Å². The number of benzene rings is 1. The SMILES string of the molecule is C[C@H](Nc1cnc2cnn(C)c2n1)c1cccc(NC(=O)c2ccc(Cl)s2)c1. The molecule has 0 bridgehead atoms. The molecular formula is C19H17ClN6OS. The van der Waals surface area contributed by atoms with E-state index >= 15 is 0 Å². The molecular weight excluding hydrogens is 396 g/mol. The number of carbonyl (C=O) groups excluding carboxylic acids is 1. The summed E-state index contributed by atoms with van der Waals surface area (Å²) in [6.45, 7) is 2.02. The Bertz CT molecular complexity index is 1150. The predicted molar refractivity (Wildman–Crippen MR) is 112 cm³/mol. The highest BCUT2D eigenvalue weighted by molar-refractivity contribution is 7.18. The zero-order chi connectivity index (χ0) is 19.7. The Hall–Kier alpha value is -2.97. The number of fused-ring (bicyclic) bond motifs is 1. The third-order valence-electron chi connectivity index (χ3n) is 4.25. The first kappa shape index (κ1) is 18.4. The van der Waals surface area contributed by atoms with E-state index in [1.807, 2.05) is 38.2 Å². The van der Waals surface area contributed by atoms with Crippen LogP contribution in [0, 0.1) is 0 Å². The highest BCUT2D eigenvalue weighted by Gasteiger charge is 2.12. The first-order valence-corrected chi connectivity index (χ1v) is 9.77. The van der Waals surface area contributed by atoms with E-state index in [0.29, 0.717) is 26.4 Å². The number of anilines is 2. The van der Waals surface area contributed by atoms with Crippen LogP contribution in [0.15, 0.2) is 48.8 Å². The second-order valence-electron chi connectivity index (χ2n) is 6.28. The first-order valence-electron chi connectivity index (χ1n) is 8.57. The Morgan fingerprint density at radius 2 is 2.11 bits per heavy atom. The number of hydrogen-bond acceptors (Lipinski definition) is 6. The van der Waals surface area contributed by atoms with Gasteiger partial charge in [0.1, 0.15) is 11.3 Å². The minimum absolute atomic E-state index is 0.0342. The number of nitrogens with zero attached hydrogens (tertiary/aromatic N) is 4. The van der Waals surface area contributed by atoms with E-state index < -0.39 is 0 Å². The van der Waals surface area contributed by atoms with Crippen LogP contribution in [0.25, 0.3) is 11.2 Å². The van der Waals surface area contributed by atoms with Gasteiger partial charge in [-0.25, -0.2) is 14.6 Å². The number of halogens is 1. The van der Waals surface area contributed by atoms with Crippen LogP contribution < -0.4 is 10.6 Å². The maximum Gasteiger partial charge on any atom is 0.265 e. The largest absolute Gasteiger partial charge is 0.362 e.